The molecule has 2 fully saturated rings. The molecule has 2 N–H and O–H groups in total. The monoisotopic (exact) mass is 265 g/mol. The van der Waals surface area contributed by atoms with Gasteiger partial charge in [-0.2, -0.15) is 0 Å². The van der Waals surface area contributed by atoms with Gasteiger partial charge in [0.05, 0.1) is 5.01 Å². The second-order valence-electron chi connectivity index (χ2n) is 5.71. The Bertz CT molecular complexity index is 390. The SMILES string of the molecule is Cc1csc(CCNCC2NCC3CCCC32)n1. The molecule has 4 heteroatoms. The van der Waals surface area contributed by atoms with Crippen LogP contribution in [-0.4, -0.2) is 30.7 Å². The lowest BCUT2D eigenvalue weighted by molar-refractivity contribution is 0.394. The van der Waals surface area contributed by atoms with Gasteiger partial charge in [0.2, 0.25) is 0 Å². The van der Waals surface area contributed by atoms with Crippen LogP contribution in [0.3, 0.4) is 0 Å². The lowest BCUT2D eigenvalue weighted by Gasteiger charge is -2.18. The molecule has 1 aliphatic carbocycles. The Labute approximate surface area is 113 Å². The quantitative estimate of drug-likeness (QED) is 0.799. The summed E-state index contributed by atoms with van der Waals surface area (Å²) in [5.41, 5.74) is 1.15. The molecule has 0 bridgehead atoms. The van der Waals surface area contributed by atoms with Gasteiger partial charge in [0.25, 0.3) is 0 Å². The molecule has 1 saturated carbocycles. The minimum atomic E-state index is 0.718. The molecule has 18 heavy (non-hydrogen) atoms. The molecule has 3 atom stereocenters. The summed E-state index contributed by atoms with van der Waals surface area (Å²) in [6, 6.07) is 0.718. The molecule has 0 radical (unpaired) electrons. The van der Waals surface area contributed by atoms with Crippen LogP contribution in [0.4, 0.5) is 0 Å². The Hall–Kier alpha value is -0.450. The standard InChI is InChI=1S/C14H23N3S/c1-10-9-18-14(17-10)5-6-15-8-13-12-4-2-3-11(12)7-16-13/h9,11-13,15-16H,2-8H2,1H3. The summed E-state index contributed by atoms with van der Waals surface area (Å²) in [6.07, 6.45) is 5.41. The Morgan fingerprint density at radius 3 is 3.28 bits per heavy atom. The van der Waals surface area contributed by atoms with Gasteiger partial charge in [0.15, 0.2) is 0 Å². The fraction of sp³-hybridized carbons (Fsp3) is 0.786. The molecule has 2 heterocycles. The van der Waals surface area contributed by atoms with Crippen molar-refractivity contribution in [3.63, 3.8) is 0 Å². The molecule has 1 aromatic rings. The van der Waals surface area contributed by atoms with E-state index >= 15 is 0 Å². The summed E-state index contributed by atoms with van der Waals surface area (Å²) < 4.78 is 0. The van der Waals surface area contributed by atoms with Crippen LogP contribution in [0.1, 0.15) is 30.0 Å². The van der Waals surface area contributed by atoms with E-state index in [0.717, 1.165) is 43.1 Å². The van der Waals surface area contributed by atoms with Crippen molar-refractivity contribution in [1.82, 2.24) is 15.6 Å². The van der Waals surface area contributed by atoms with E-state index in [1.165, 1.54) is 30.8 Å². The second kappa shape index (κ2) is 5.68. The van der Waals surface area contributed by atoms with Crippen molar-refractivity contribution in [2.24, 2.45) is 11.8 Å². The van der Waals surface area contributed by atoms with Gasteiger partial charge in [-0.25, -0.2) is 4.98 Å². The topological polar surface area (TPSA) is 37.0 Å². The Kier molecular flexibility index (Phi) is 3.97. The molecule has 100 valence electrons. The molecule has 1 aliphatic heterocycles. The van der Waals surface area contributed by atoms with Gasteiger partial charge < -0.3 is 10.6 Å². The molecule has 3 rings (SSSR count). The molecule has 1 aromatic heterocycles. The summed E-state index contributed by atoms with van der Waals surface area (Å²) >= 11 is 1.78. The van der Waals surface area contributed by atoms with Gasteiger partial charge in [-0.3, -0.25) is 0 Å². The third-order valence-electron chi connectivity index (χ3n) is 4.42. The zero-order valence-electron chi connectivity index (χ0n) is 11.1. The van der Waals surface area contributed by atoms with E-state index in [4.69, 9.17) is 0 Å². The number of hydrogen-bond donors (Lipinski definition) is 2. The maximum absolute atomic E-state index is 4.50. The van der Waals surface area contributed by atoms with Crippen molar-refractivity contribution in [2.45, 2.75) is 38.6 Å². The molecule has 2 aliphatic rings. The normalized spacial score (nSPS) is 30.8. The summed E-state index contributed by atoms with van der Waals surface area (Å²) in [5, 5.41) is 10.7. The number of hydrogen-bond acceptors (Lipinski definition) is 4. The zero-order chi connectivity index (χ0) is 12.4. The number of thiazole rings is 1. The highest BCUT2D eigenvalue weighted by atomic mass is 32.1. The lowest BCUT2D eigenvalue weighted by Crippen LogP contribution is -2.38. The second-order valence-corrected chi connectivity index (χ2v) is 6.65. The average molecular weight is 265 g/mol. The molecular weight excluding hydrogens is 242 g/mol. The summed E-state index contributed by atoms with van der Waals surface area (Å²) in [6.45, 7) is 5.51. The Morgan fingerprint density at radius 1 is 1.50 bits per heavy atom. The highest BCUT2D eigenvalue weighted by Gasteiger charge is 2.38. The molecule has 0 aromatic carbocycles. The van der Waals surface area contributed by atoms with Crippen molar-refractivity contribution >= 4 is 11.3 Å². The van der Waals surface area contributed by atoms with Crippen LogP contribution in [0.15, 0.2) is 5.38 Å². The highest BCUT2D eigenvalue weighted by Crippen LogP contribution is 2.37. The minimum absolute atomic E-state index is 0.718. The van der Waals surface area contributed by atoms with Crippen LogP contribution in [0.5, 0.6) is 0 Å². The Balaban J connectivity index is 1.37. The van der Waals surface area contributed by atoms with Crippen molar-refractivity contribution in [3.8, 4) is 0 Å². The summed E-state index contributed by atoms with van der Waals surface area (Å²) in [4.78, 5) is 4.50. The molecule has 3 nitrogen and oxygen atoms in total. The van der Waals surface area contributed by atoms with Crippen LogP contribution < -0.4 is 10.6 Å². The highest BCUT2D eigenvalue weighted by molar-refractivity contribution is 7.09. The molecular formula is C14H23N3S. The number of rotatable bonds is 5. The predicted molar refractivity (Wildman–Crippen MR) is 76.0 cm³/mol. The van der Waals surface area contributed by atoms with E-state index in [0.29, 0.717) is 0 Å². The fourth-order valence-corrected chi connectivity index (χ4v) is 4.27. The summed E-state index contributed by atoms with van der Waals surface area (Å²) in [5.74, 6) is 1.91. The Morgan fingerprint density at radius 2 is 2.44 bits per heavy atom. The maximum atomic E-state index is 4.50. The number of aryl methyl sites for hydroxylation is 1. The third kappa shape index (κ3) is 2.76. The molecule has 0 spiro atoms. The van der Waals surface area contributed by atoms with E-state index in [2.05, 4.69) is 27.9 Å². The van der Waals surface area contributed by atoms with Crippen LogP contribution >= 0.6 is 11.3 Å². The van der Waals surface area contributed by atoms with Gasteiger partial charge in [-0.1, -0.05) is 6.42 Å². The fourth-order valence-electron chi connectivity index (χ4n) is 3.50. The maximum Gasteiger partial charge on any atom is 0.0940 e. The first-order valence-electron chi connectivity index (χ1n) is 7.18. The van der Waals surface area contributed by atoms with Crippen LogP contribution in [-0.2, 0) is 6.42 Å². The van der Waals surface area contributed by atoms with E-state index in [9.17, 15) is 0 Å². The predicted octanol–water partition coefficient (Wildman–Crippen LogP) is 1.97. The number of aromatic nitrogens is 1. The molecule has 1 saturated heterocycles. The first-order valence-corrected chi connectivity index (χ1v) is 8.06. The van der Waals surface area contributed by atoms with E-state index in [1.54, 1.807) is 11.3 Å². The first kappa shape index (κ1) is 12.6. The van der Waals surface area contributed by atoms with Crippen LogP contribution in [0.2, 0.25) is 0 Å². The van der Waals surface area contributed by atoms with Crippen LogP contribution in [0, 0.1) is 18.8 Å². The zero-order valence-corrected chi connectivity index (χ0v) is 11.9. The van der Waals surface area contributed by atoms with E-state index in [-0.39, 0.29) is 0 Å². The van der Waals surface area contributed by atoms with Gasteiger partial charge >= 0.3 is 0 Å². The van der Waals surface area contributed by atoms with Gasteiger partial charge in [0, 0.05) is 36.6 Å². The van der Waals surface area contributed by atoms with Crippen molar-refractivity contribution in [1.29, 1.82) is 0 Å². The largest absolute Gasteiger partial charge is 0.315 e. The minimum Gasteiger partial charge on any atom is -0.315 e. The van der Waals surface area contributed by atoms with Gasteiger partial charge in [-0.15, -0.1) is 11.3 Å². The lowest BCUT2D eigenvalue weighted by atomic mass is 9.94. The van der Waals surface area contributed by atoms with Gasteiger partial charge in [-0.05, 0) is 38.1 Å². The third-order valence-corrected chi connectivity index (χ3v) is 5.45. The van der Waals surface area contributed by atoms with Gasteiger partial charge in [0.1, 0.15) is 0 Å². The van der Waals surface area contributed by atoms with E-state index < -0.39 is 0 Å². The van der Waals surface area contributed by atoms with Crippen molar-refractivity contribution in [2.75, 3.05) is 19.6 Å². The first-order chi connectivity index (χ1) is 8.83. The summed E-state index contributed by atoms with van der Waals surface area (Å²) in [7, 11) is 0. The van der Waals surface area contributed by atoms with Crippen molar-refractivity contribution in [3.05, 3.63) is 16.1 Å². The molecule has 3 unspecified atom stereocenters. The molecule has 0 amide bonds. The van der Waals surface area contributed by atoms with Crippen molar-refractivity contribution < 1.29 is 0 Å². The smallest absolute Gasteiger partial charge is 0.0940 e. The van der Waals surface area contributed by atoms with E-state index in [1.807, 2.05) is 0 Å². The average Bonchev–Trinajstić information content (AvgIpc) is 3.02. The number of fused-ring (bicyclic) bond motifs is 1. The number of nitrogens with one attached hydrogen (secondary N) is 2. The number of nitrogens with zero attached hydrogens (tertiary/aromatic N) is 1. The van der Waals surface area contributed by atoms with Crippen LogP contribution in [0.25, 0.3) is 0 Å².